The first-order valence-electron chi connectivity index (χ1n) is 11.6. The monoisotopic (exact) mass is 515 g/mol. The Morgan fingerprint density at radius 3 is 2.83 bits per heavy atom. The maximum Gasteiger partial charge on any atom is 0.272 e. The number of alkyl halides is 1. The zero-order chi connectivity index (χ0) is 25.5. The highest BCUT2D eigenvalue weighted by Gasteiger charge is 2.27. The van der Waals surface area contributed by atoms with Gasteiger partial charge in [-0.1, -0.05) is 17.7 Å². The summed E-state index contributed by atoms with van der Waals surface area (Å²) in [6.07, 6.45) is 8.24. The second-order valence-electron chi connectivity index (χ2n) is 8.57. The van der Waals surface area contributed by atoms with E-state index in [0.717, 1.165) is 6.42 Å². The van der Waals surface area contributed by atoms with E-state index in [0.29, 0.717) is 55.5 Å². The average molecular weight is 516 g/mol. The lowest BCUT2D eigenvalue weighted by Gasteiger charge is -2.15. The highest BCUT2D eigenvalue weighted by atomic mass is 35.5. The fraction of sp³-hybridized carbons (Fsp3) is 0.417. The first-order valence-corrected chi connectivity index (χ1v) is 12.0. The molecule has 0 spiro atoms. The van der Waals surface area contributed by atoms with Crippen molar-refractivity contribution in [1.29, 1.82) is 0 Å². The molecule has 190 valence electrons. The average Bonchev–Trinajstić information content (AvgIpc) is 3.52. The molecule has 0 aromatic carbocycles. The van der Waals surface area contributed by atoms with Crippen LogP contribution in [-0.2, 0) is 4.79 Å². The predicted molar refractivity (Wildman–Crippen MR) is 134 cm³/mol. The molecule has 2 amide bonds. The van der Waals surface area contributed by atoms with Crippen LogP contribution in [0.1, 0.15) is 23.3 Å². The number of likely N-dealkylation sites (tertiary alicyclic amines) is 2. The quantitative estimate of drug-likeness (QED) is 0.425. The Morgan fingerprint density at radius 1 is 1.25 bits per heavy atom. The molecule has 12 heteroatoms. The van der Waals surface area contributed by atoms with Gasteiger partial charge in [-0.15, -0.1) is 0 Å². The van der Waals surface area contributed by atoms with Crippen LogP contribution in [-0.4, -0.2) is 88.8 Å². The summed E-state index contributed by atoms with van der Waals surface area (Å²) >= 11 is 5.93. The summed E-state index contributed by atoms with van der Waals surface area (Å²) in [5, 5.41) is 3.01. The summed E-state index contributed by atoms with van der Waals surface area (Å²) in [6.45, 7) is 2.71. The molecular weight excluding hydrogens is 489 g/mol. The van der Waals surface area contributed by atoms with E-state index in [2.05, 4.69) is 25.3 Å². The molecule has 2 aliphatic heterocycles. The number of aromatic nitrogens is 3. The van der Waals surface area contributed by atoms with Gasteiger partial charge in [0.25, 0.3) is 11.9 Å². The van der Waals surface area contributed by atoms with Crippen LogP contribution in [0.15, 0.2) is 41.7 Å². The number of aliphatic imine (C=N–C) groups is 1. The molecule has 4 rings (SSSR count). The Morgan fingerprint density at radius 2 is 2.11 bits per heavy atom. The minimum absolute atomic E-state index is 0.0564. The van der Waals surface area contributed by atoms with Crippen molar-refractivity contribution < 1.29 is 18.7 Å². The molecule has 0 radical (unpaired) electrons. The lowest BCUT2D eigenvalue weighted by molar-refractivity contribution is -0.111. The molecule has 36 heavy (non-hydrogen) atoms. The summed E-state index contributed by atoms with van der Waals surface area (Å²) in [6, 6.07) is 3.23. The summed E-state index contributed by atoms with van der Waals surface area (Å²) < 4.78 is 18.3. The van der Waals surface area contributed by atoms with Gasteiger partial charge in [-0.05, 0) is 25.0 Å². The van der Waals surface area contributed by atoms with E-state index in [4.69, 9.17) is 16.3 Å². The number of anilines is 1. The number of pyridine rings is 1. The van der Waals surface area contributed by atoms with Gasteiger partial charge < -0.3 is 15.0 Å². The van der Waals surface area contributed by atoms with Gasteiger partial charge in [0.15, 0.2) is 0 Å². The molecule has 0 aliphatic carbocycles. The highest BCUT2D eigenvalue weighted by Crippen LogP contribution is 2.23. The van der Waals surface area contributed by atoms with Crippen molar-refractivity contribution in [3.63, 3.8) is 0 Å². The summed E-state index contributed by atoms with van der Waals surface area (Å²) in [5.41, 5.74) is 0.776. The number of carbonyl (C=O) groups is 2. The fourth-order valence-corrected chi connectivity index (χ4v) is 4.18. The second kappa shape index (κ2) is 12.0. The smallest absolute Gasteiger partial charge is 0.272 e. The first kappa shape index (κ1) is 25.6. The summed E-state index contributed by atoms with van der Waals surface area (Å²) in [5.74, 6) is 0.0448. The van der Waals surface area contributed by atoms with Crippen molar-refractivity contribution in [3.8, 4) is 5.88 Å². The molecule has 2 aromatic heterocycles. The van der Waals surface area contributed by atoms with Gasteiger partial charge in [0.1, 0.15) is 16.9 Å². The van der Waals surface area contributed by atoms with Gasteiger partial charge in [0.05, 0.1) is 25.2 Å². The van der Waals surface area contributed by atoms with Crippen LogP contribution in [0.5, 0.6) is 5.88 Å². The maximum absolute atomic E-state index is 13.2. The van der Waals surface area contributed by atoms with Crippen LogP contribution in [0, 0.1) is 5.92 Å². The summed E-state index contributed by atoms with van der Waals surface area (Å²) in [7, 11) is 1.47. The molecule has 2 saturated heterocycles. The van der Waals surface area contributed by atoms with Gasteiger partial charge >= 0.3 is 0 Å². The number of rotatable bonds is 8. The standard InChI is InChI=1S/C24H27ClFN7O3/c1-36-22-19(25)13-29-24(31-22)28-11-16-6-10-33(14-16)23(35)20-5-4-18(12-27-20)30-21(34)3-2-8-32-9-7-17(26)15-32/h2-5,11-13,16-17H,6-10,14-15H2,1H3,(H,30,34)/b3-2+,28-11+/t16?,17-/m0/s1. The van der Waals surface area contributed by atoms with Crippen LogP contribution in [0.3, 0.4) is 0 Å². The zero-order valence-corrected chi connectivity index (χ0v) is 20.6. The van der Waals surface area contributed by atoms with E-state index in [1.165, 1.54) is 25.6 Å². The first-order chi connectivity index (χ1) is 17.4. The number of nitrogens with zero attached hydrogens (tertiary/aromatic N) is 6. The van der Waals surface area contributed by atoms with E-state index < -0.39 is 6.17 Å². The number of hydrogen-bond acceptors (Lipinski definition) is 8. The number of nitrogens with one attached hydrogen (secondary N) is 1. The highest BCUT2D eigenvalue weighted by molar-refractivity contribution is 6.31. The largest absolute Gasteiger partial charge is 0.480 e. The Bertz CT molecular complexity index is 1150. The molecule has 1 N–H and O–H groups in total. The number of halogens is 2. The second-order valence-corrected chi connectivity index (χ2v) is 8.98. The lowest BCUT2D eigenvalue weighted by Crippen LogP contribution is -2.29. The number of amides is 2. The van der Waals surface area contributed by atoms with Gasteiger partial charge in [-0.25, -0.2) is 19.4 Å². The van der Waals surface area contributed by atoms with E-state index in [9.17, 15) is 14.0 Å². The third-order valence-electron chi connectivity index (χ3n) is 5.90. The van der Waals surface area contributed by atoms with Crippen molar-refractivity contribution in [2.75, 3.05) is 45.2 Å². The molecule has 4 heterocycles. The third-order valence-corrected chi connectivity index (χ3v) is 6.16. The van der Waals surface area contributed by atoms with Crippen LogP contribution in [0.4, 0.5) is 16.0 Å². The molecule has 0 saturated carbocycles. The van der Waals surface area contributed by atoms with Gasteiger partial charge in [0.2, 0.25) is 11.8 Å². The molecule has 0 bridgehead atoms. The van der Waals surface area contributed by atoms with Gasteiger partial charge in [-0.3, -0.25) is 14.5 Å². The Hall–Kier alpha value is -3.44. The zero-order valence-electron chi connectivity index (χ0n) is 19.8. The lowest BCUT2D eigenvalue weighted by atomic mass is 10.1. The number of hydrogen-bond donors (Lipinski definition) is 1. The molecular formula is C24H27ClFN7O3. The van der Waals surface area contributed by atoms with Crippen molar-refractivity contribution in [2.45, 2.75) is 19.0 Å². The van der Waals surface area contributed by atoms with Crippen molar-refractivity contribution in [3.05, 3.63) is 47.4 Å². The number of carbonyl (C=O) groups excluding carboxylic acids is 2. The Balaban J connectivity index is 1.25. The van der Waals surface area contributed by atoms with Crippen molar-refractivity contribution in [1.82, 2.24) is 24.8 Å². The third kappa shape index (κ3) is 6.82. The van der Waals surface area contributed by atoms with Crippen molar-refractivity contribution >= 4 is 41.3 Å². The fourth-order valence-electron chi connectivity index (χ4n) is 4.01. The predicted octanol–water partition coefficient (Wildman–Crippen LogP) is 2.94. The summed E-state index contributed by atoms with van der Waals surface area (Å²) in [4.78, 5) is 45.3. The number of ether oxygens (including phenoxy) is 1. The Kier molecular flexibility index (Phi) is 8.55. The van der Waals surface area contributed by atoms with E-state index in [1.54, 1.807) is 29.3 Å². The van der Waals surface area contributed by atoms with Crippen LogP contribution >= 0.6 is 11.6 Å². The maximum atomic E-state index is 13.2. The molecule has 2 aliphatic rings. The molecule has 2 aromatic rings. The van der Waals surface area contributed by atoms with Crippen LogP contribution in [0.2, 0.25) is 5.02 Å². The van der Waals surface area contributed by atoms with Gasteiger partial charge in [-0.2, -0.15) is 4.98 Å². The number of methoxy groups -OCH3 is 1. The van der Waals surface area contributed by atoms with E-state index >= 15 is 0 Å². The van der Waals surface area contributed by atoms with Crippen LogP contribution < -0.4 is 10.1 Å². The SMILES string of the molecule is COc1nc(/N=C/C2CCN(C(=O)c3ccc(NC(=O)/C=C/CN4CC[C@H](F)C4)cn3)C2)ncc1Cl. The molecule has 10 nitrogen and oxygen atoms in total. The molecule has 1 unspecified atom stereocenters. The van der Waals surface area contributed by atoms with Crippen LogP contribution in [0.25, 0.3) is 0 Å². The van der Waals surface area contributed by atoms with E-state index in [1.807, 2.05) is 4.90 Å². The van der Waals surface area contributed by atoms with E-state index in [-0.39, 0.29) is 29.6 Å². The van der Waals surface area contributed by atoms with Crippen molar-refractivity contribution in [2.24, 2.45) is 10.9 Å². The minimum atomic E-state index is -0.785. The Labute approximate surface area is 213 Å². The molecule has 2 fully saturated rings. The normalized spacial score (nSPS) is 20.5. The molecule has 2 atom stereocenters. The topological polar surface area (TPSA) is 113 Å². The van der Waals surface area contributed by atoms with Gasteiger partial charge in [0, 0.05) is 50.9 Å². The minimum Gasteiger partial charge on any atom is -0.480 e.